The first kappa shape index (κ1) is 28.9. The number of halogens is 3. The smallest absolute Gasteiger partial charge is 0.141 e. The van der Waals surface area contributed by atoms with Crippen LogP contribution in [0.15, 0.2) is 79.4 Å². The molecule has 7 nitrogen and oxygen atoms in total. The average Bonchev–Trinajstić information content (AvgIpc) is 3.52. The molecule has 1 atom stereocenters. The van der Waals surface area contributed by atoms with E-state index in [-0.39, 0.29) is 11.1 Å². The fraction of sp³-hybridized carbons (Fsp3) is 0.242. The zero-order valence-corrected chi connectivity index (χ0v) is 25.1. The van der Waals surface area contributed by atoms with Crippen molar-refractivity contribution in [3.63, 3.8) is 0 Å². The van der Waals surface area contributed by atoms with Gasteiger partial charge in [0.2, 0.25) is 0 Å². The van der Waals surface area contributed by atoms with Crippen molar-refractivity contribution in [3.05, 3.63) is 112 Å². The molecule has 1 saturated heterocycles. The van der Waals surface area contributed by atoms with Crippen LogP contribution in [0.3, 0.4) is 0 Å². The number of fused-ring (bicyclic) bond motifs is 1. The quantitative estimate of drug-likeness (QED) is 0.183. The normalized spacial score (nSPS) is 14.9. The molecule has 0 aliphatic carbocycles. The van der Waals surface area contributed by atoms with Crippen molar-refractivity contribution in [2.45, 2.75) is 31.8 Å². The van der Waals surface area contributed by atoms with Gasteiger partial charge in [-0.05, 0) is 55.3 Å². The monoisotopic (exact) mass is 613 g/mol. The Balaban J connectivity index is 1.37. The van der Waals surface area contributed by atoms with E-state index >= 15 is 0 Å². The van der Waals surface area contributed by atoms with Gasteiger partial charge in [-0.25, -0.2) is 9.37 Å². The Morgan fingerprint density at radius 3 is 2.51 bits per heavy atom. The molecule has 3 heterocycles. The van der Waals surface area contributed by atoms with Crippen LogP contribution < -0.4 is 10.6 Å². The van der Waals surface area contributed by atoms with Crippen LogP contribution >= 0.6 is 23.2 Å². The number of benzene rings is 3. The Hall–Kier alpha value is -4.16. The van der Waals surface area contributed by atoms with E-state index in [0.29, 0.717) is 38.9 Å². The molecule has 3 aromatic carbocycles. The summed E-state index contributed by atoms with van der Waals surface area (Å²) in [4.78, 5) is 11.8. The molecular weight excluding hydrogens is 584 g/mol. The van der Waals surface area contributed by atoms with Crippen molar-refractivity contribution >= 4 is 51.2 Å². The third-order valence-electron chi connectivity index (χ3n) is 8.02. The number of nitrogens with zero attached hydrogens (tertiary/aromatic N) is 5. The van der Waals surface area contributed by atoms with E-state index in [1.165, 1.54) is 18.3 Å². The molecule has 43 heavy (non-hydrogen) atoms. The summed E-state index contributed by atoms with van der Waals surface area (Å²) in [5.74, 6) is -0.525. The predicted molar refractivity (Wildman–Crippen MR) is 171 cm³/mol. The third kappa shape index (κ3) is 6.16. The van der Waals surface area contributed by atoms with Gasteiger partial charge in [0.1, 0.15) is 11.9 Å². The molecular formula is C33H30Cl2FN7. The number of likely N-dealkylation sites (tertiary alicyclic amines) is 1. The molecule has 0 amide bonds. The van der Waals surface area contributed by atoms with Gasteiger partial charge in [0, 0.05) is 48.3 Å². The first-order valence-corrected chi connectivity index (χ1v) is 15.0. The third-order valence-corrected chi connectivity index (χ3v) is 8.60. The van der Waals surface area contributed by atoms with Crippen LogP contribution in [0.5, 0.6) is 0 Å². The zero-order chi connectivity index (χ0) is 29.9. The fourth-order valence-corrected chi connectivity index (χ4v) is 6.10. The number of piperidine rings is 1. The van der Waals surface area contributed by atoms with Crippen LogP contribution in [0, 0.1) is 17.1 Å². The second-order valence-corrected chi connectivity index (χ2v) is 11.5. The molecule has 1 unspecified atom stereocenters. The lowest BCUT2D eigenvalue weighted by molar-refractivity contribution is 0.194. The van der Waals surface area contributed by atoms with Crippen molar-refractivity contribution in [3.8, 4) is 6.07 Å². The minimum absolute atomic E-state index is 0.0247. The Morgan fingerprint density at radius 1 is 1.02 bits per heavy atom. The lowest BCUT2D eigenvalue weighted by Gasteiger charge is -2.31. The summed E-state index contributed by atoms with van der Waals surface area (Å²) in [6.07, 6.45) is 7.73. The van der Waals surface area contributed by atoms with Gasteiger partial charge >= 0.3 is 0 Å². The Labute approximate surface area is 259 Å². The highest BCUT2D eigenvalue weighted by atomic mass is 35.5. The van der Waals surface area contributed by atoms with E-state index in [2.05, 4.69) is 56.4 Å². The van der Waals surface area contributed by atoms with Crippen molar-refractivity contribution < 1.29 is 4.39 Å². The first-order chi connectivity index (χ1) is 20.9. The molecule has 2 N–H and O–H groups in total. The van der Waals surface area contributed by atoms with Crippen LogP contribution in [-0.2, 0) is 0 Å². The maximum atomic E-state index is 13.8. The molecule has 1 aliphatic heterocycles. The Kier molecular flexibility index (Phi) is 8.48. The lowest BCUT2D eigenvalue weighted by Crippen LogP contribution is -2.34. The number of pyridine rings is 1. The van der Waals surface area contributed by atoms with E-state index in [4.69, 9.17) is 28.2 Å². The summed E-state index contributed by atoms with van der Waals surface area (Å²) in [7, 11) is 0. The summed E-state index contributed by atoms with van der Waals surface area (Å²) in [5.41, 5.74) is 4.54. The van der Waals surface area contributed by atoms with Gasteiger partial charge in [-0.1, -0.05) is 60.5 Å². The van der Waals surface area contributed by atoms with Crippen LogP contribution in [-0.4, -0.2) is 39.1 Å². The van der Waals surface area contributed by atoms with Crippen LogP contribution in [0.25, 0.3) is 10.9 Å². The molecule has 0 saturated carbocycles. The lowest BCUT2D eigenvalue weighted by atomic mass is 10.0. The highest BCUT2D eigenvalue weighted by Crippen LogP contribution is 2.37. The summed E-state index contributed by atoms with van der Waals surface area (Å²) in [5, 5.41) is 17.8. The summed E-state index contributed by atoms with van der Waals surface area (Å²) >= 11 is 12.8. The van der Waals surface area contributed by atoms with E-state index in [0.717, 1.165) is 49.4 Å². The molecule has 0 radical (unpaired) electrons. The van der Waals surface area contributed by atoms with Gasteiger partial charge < -0.3 is 20.1 Å². The summed E-state index contributed by atoms with van der Waals surface area (Å²) in [6, 6.07) is 20.5. The summed E-state index contributed by atoms with van der Waals surface area (Å²) in [6.45, 7) is 5.46. The van der Waals surface area contributed by atoms with E-state index in [1.807, 2.05) is 36.7 Å². The maximum Gasteiger partial charge on any atom is 0.141 e. The highest BCUT2D eigenvalue weighted by Gasteiger charge is 2.23. The molecule has 218 valence electrons. The largest absolute Gasteiger partial charge is 0.373 e. The standard InChI is InChI=1S/C33H30Cl2FN7/c1-2-42-12-10-25(11-13-42)43-19-30(39-20-43)32(21-6-4-3-5-7-21)41-24-14-26-31(40-23-8-9-29(36)27(34)15-23)22(17-37)18-38-33(26)28(35)16-24/h3-9,14-16,18-20,25,32,41H,2,10-13H2,1H3,(H,38,40). The maximum absolute atomic E-state index is 13.8. The molecule has 1 fully saturated rings. The van der Waals surface area contributed by atoms with Gasteiger partial charge in [0.15, 0.2) is 0 Å². The molecule has 0 spiro atoms. The Bertz CT molecular complexity index is 1790. The van der Waals surface area contributed by atoms with Crippen LogP contribution in [0.4, 0.5) is 21.5 Å². The Morgan fingerprint density at radius 2 is 1.79 bits per heavy atom. The van der Waals surface area contributed by atoms with Crippen molar-refractivity contribution in [1.82, 2.24) is 19.4 Å². The number of aromatic nitrogens is 3. The van der Waals surface area contributed by atoms with Crippen LogP contribution in [0.2, 0.25) is 10.0 Å². The molecule has 0 bridgehead atoms. The second kappa shape index (κ2) is 12.6. The molecule has 6 rings (SSSR count). The number of hydrogen-bond acceptors (Lipinski definition) is 6. The van der Waals surface area contributed by atoms with E-state index < -0.39 is 5.82 Å². The number of nitrogens with one attached hydrogen (secondary N) is 2. The van der Waals surface area contributed by atoms with Gasteiger partial charge in [0.05, 0.1) is 44.9 Å². The van der Waals surface area contributed by atoms with Gasteiger partial charge in [-0.2, -0.15) is 5.26 Å². The summed E-state index contributed by atoms with van der Waals surface area (Å²) < 4.78 is 16.1. The van der Waals surface area contributed by atoms with Crippen molar-refractivity contribution in [1.29, 1.82) is 5.26 Å². The average molecular weight is 615 g/mol. The zero-order valence-electron chi connectivity index (χ0n) is 23.6. The predicted octanol–water partition coefficient (Wildman–Crippen LogP) is 8.35. The topological polar surface area (TPSA) is 81.8 Å². The SMILES string of the molecule is CCN1CCC(n2cnc(C(Nc3cc(Cl)c4ncc(C#N)c(Nc5ccc(F)c(Cl)c5)c4c3)c3ccccc3)c2)CC1. The number of nitriles is 1. The first-order valence-electron chi connectivity index (χ1n) is 14.2. The number of imidazole rings is 1. The minimum atomic E-state index is -0.525. The molecule has 1 aliphatic rings. The van der Waals surface area contributed by atoms with Crippen LogP contribution in [0.1, 0.15) is 48.7 Å². The molecule has 2 aromatic heterocycles. The van der Waals surface area contributed by atoms with E-state index in [1.54, 1.807) is 6.07 Å². The number of rotatable bonds is 8. The van der Waals surface area contributed by atoms with Crippen molar-refractivity contribution in [2.75, 3.05) is 30.3 Å². The minimum Gasteiger partial charge on any atom is -0.373 e. The van der Waals surface area contributed by atoms with Gasteiger partial charge in [-0.15, -0.1) is 0 Å². The number of anilines is 3. The number of hydrogen-bond donors (Lipinski definition) is 2. The van der Waals surface area contributed by atoms with Gasteiger partial charge in [0.25, 0.3) is 0 Å². The fourth-order valence-electron chi connectivity index (χ4n) is 5.66. The highest BCUT2D eigenvalue weighted by molar-refractivity contribution is 6.36. The van der Waals surface area contributed by atoms with E-state index in [9.17, 15) is 9.65 Å². The van der Waals surface area contributed by atoms with Crippen molar-refractivity contribution in [2.24, 2.45) is 0 Å². The van der Waals surface area contributed by atoms with Gasteiger partial charge in [-0.3, -0.25) is 4.98 Å². The second-order valence-electron chi connectivity index (χ2n) is 10.7. The molecule has 10 heteroatoms. The molecule has 5 aromatic rings.